The molecule has 0 unspecified atom stereocenters. The smallest absolute Gasteiger partial charge is 0.410 e. The molecule has 2 heterocycles. The second kappa shape index (κ2) is 7.01. The molecule has 0 spiro atoms. The van der Waals surface area contributed by atoms with Crippen LogP contribution < -0.4 is 0 Å². The molecule has 1 fully saturated rings. The van der Waals surface area contributed by atoms with Gasteiger partial charge in [-0.3, -0.25) is 4.90 Å². The lowest BCUT2D eigenvalue weighted by Crippen LogP contribution is -2.36. The lowest BCUT2D eigenvalue weighted by atomic mass is 10.1. The summed E-state index contributed by atoms with van der Waals surface area (Å²) in [6.45, 7) is 10.6. The number of hydrogen-bond acceptors (Lipinski definition) is 4. The molecular weight excluding hydrogens is 296 g/mol. The van der Waals surface area contributed by atoms with Gasteiger partial charge < -0.3 is 9.64 Å². The molecule has 1 aromatic heterocycles. The second-order valence-electron chi connectivity index (χ2n) is 7.21. The summed E-state index contributed by atoms with van der Waals surface area (Å²) in [5, 5.41) is 2.12. The van der Waals surface area contributed by atoms with Crippen molar-refractivity contribution < 1.29 is 9.53 Å². The number of thiophene rings is 1. The minimum absolute atomic E-state index is 0.177. The molecule has 0 radical (unpaired) electrons. The molecule has 22 heavy (non-hydrogen) atoms. The van der Waals surface area contributed by atoms with Crippen molar-refractivity contribution in [2.75, 3.05) is 26.7 Å². The molecule has 1 amide bonds. The van der Waals surface area contributed by atoms with Crippen LogP contribution in [0.2, 0.25) is 0 Å². The summed E-state index contributed by atoms with van der Waals surface area (Å²) in [6.07, 6.45) is 0.879. The summed E-state index contributed by atoms with van der Waals surface area (Å²) in [5.41, 5.74) is -0.417. The zero-order chi connectivity index (χ0) is 16.3. The molecule has 4 nitrogen and oxygen atoms in total. The normalized spacial score (nSPS) is 20.5. The van der Waals surface area contributed by atoms with Crippen molar-refractivity contribution in [1.82, 2.24) is 9.80 Å². The Labute approximate surface area is 138 Å². The number of amides is 1. The summed E-state index contributed by atoms with van der Waals surface area (Å²) in [6, 6.07) is 4.72. The lowest BCUT2D eigenvalue weighted by Gasteiger charge is -2.27. The fraction of sp³-hybridized carbons (Fsp3) is 0.706. The van der Waals surface area contributed by atoms with Crippen molar-refractivity contribution in [1.29, 1.82) is 0 Å². The monoisotopic (exact) mass is 324 g/mol. The van der Waals surface area contributed by atoms with E-state index in [9.17, 15) is 4.79 Å². The fourth-order valence-electron chi connectivity index (χ4n) is 2.79. The highest BCUT2D eigenvalue weighted by molar-refractivity contribution is 7.10. The number of rotatable bonds is 4. The molecular formula is C17H28N2O2S. The molecule has 0 aromatic carbocycles. The van der Waals surface area contributed by atoms with Gasteiger partial charge >= 0.3 is 6.09 Å². The fourth-order valence-corrected chi connectivity index (χ4v) is 3.63. The van der Waals surface area contributed by atoms with Gasteiger partial charge in [-0.2, -0.15) is 0 Å². The Bertz CT molecular complexity index is 481. The highest BCUT2D eigenvalue weighted by atomic mass is 32.1. The van der Waals surface area contributed by atoms with E-state index in [1.54, 1.807) is 11.3 Å². The van der Waals surface area contributed by atoms with Gasteiger partial charge in [0, 0.05) is 30.6 Å². The SMILES string of the molecule is C[C@H](c1cccs1)N(C)C[C@H]1CCN(C(=O)OC(C)(C)C)C1. The van der Waals surface area contributed by atoms with E-state index in [1.807, 2.05) is 25.7 Å². The molecule has 0 N–H and O–H groups in total. The molecule has 2 atom stereocenters. The summed E-state index contributed by atoms with van der Waals surface area (Å²) in [4.78, 5) is 17.7. The highest BCUT2D eigenvalue weighted by Gasteiger charge is 2.30. The van der Waals surface area contributed by atoms with Gasteiger partial charge in [0.1, 0.15) is 5.60 Å². The average Bonchev–Trinajstić information content (AvgIpc) is 3.06. The van der Waals surface area contributed by atoms with Crippen molar-refractivity contribution in [3.8, 4) is 0 Å². The van der Waals surface area contributed by atoms with Crippen molar-refractivity contribution in [3.63, 3.8) is 0 Å². The Morgan fingerprint density at radius 1 is 1.55 bits per heavy atom. The topological polar surface area (TPSA) is 32.8 Å². The first-order valence-electron chi connectivity index (χ1n) is 7.98. The van der Waals surface area contributed by atoms with Crippen LogP contribution in [0.25, 0.3) is 0 Å². The Balaban J connectivity index is 1.82. The zero-order valence-corrected chi connectivity index (χ0v) is 15.2. The van der Waals surface area contributed by atoms with Gasteiger partial charge in [0.25, 0.3) is 0 Å². The number of ether oxygens (including phenoxy) is 1. The van der Waals surface area contributed by atoms with Gasteiger partial charge in [-0.05, 0) is 58.5 Å². The maximum atomic E-state index is 12.1. The van der Waals surface area contributed by atoms with E-state index < -0.39 is 5.60 Å². The largest absolute Gasteiger partial charge is 0.444 e. The maximum Gasteiger partial charge on any atom is 0.410 e. The molecule has 0 aliphatic carbocycles. The van der Waals surface area contributed by atoms with Gasteiger partial charge in [0.15, 0.2) is 0 Å². The van der Waals surface area contributed by atoms with Crippen molar-refractivity contribution >= 4 is 17.4 Å². The highest BCUT2D eigenvalue weighted by Crippen LogP contribution is 2.26. The van der Waals surface area contributed by atoms with Crippen LogP contribution in [0, 0.1) is 5.92 Å². The minimum Gasteiger partial charge on any atom is -0.444 e. The third-order valence-corrected chi connectivity index (χ3v) is 5.14. The first-order chi connectivity index (χ1) is 10.3. The molecule has 1 saturated heterocycles. The van der Waals surface area contributed by atoms with E-state index in [4.69, 9.17) is 4.74 Å². The van der Waals surface area contributed by atoms with E-state index in [1.165, 1.54) is 4.88 Å². The summed E-state index contributed by atoms with van der Waals surface area (Å²) in [5.74, 6) is 0.528. The Kier molecular flexibility index (Phi) is 5.50. The molecule has 1 aromatic rings. The third kappa shape index (κ3) is 4.71. The number of likely N-dealkylation sites (tertiary alicyclic amines) is 1. The minimum atomic E-state index is -0.417. The van der Waals surface area contributed by atoms with E-state index >= 15 is 0 Å². The van der Waals surface area contributed by atoms with E-state index in [2.05, 4.69) is 36.4 Å². The molecule has 5 heteroatoms. The summed E-state index contributed by atoms with van der Waals surface area (Å²) < 4.78 is 5.46. The number of carbonyl (C=O) groups is 1. The van der Waals surface area contributed by atoms with Crippen LogP contribution in [-0.2, 0) is 4.74 Å². The van der Waals surface area contributed by atoms with E-state index in [-0.39, 0.29) is 6.09 Å². The van der Waals surface area contributed by atoms with Crippen LogP contribution >= 0.6 is 11.3 Å². The summed E-state index contributed by atoms with van der Waals surface area (Å²) in [7, 11) is 2.17. The number of hydrogen-bond donors (Lipinski definition) is 0. The van der Waals surface area contributed by atoms with Crippen LogP contribution in [-0.4, -0.2) is 48.2 Å². The predicted molar refractivity (Wildman–Crippen MR) is 91.3 cm³/mol. The Morgan fingerprint density at radius 3 is 2.86 bits per heavy atom. The number of nitrogens with zero attached hydrogens (tertiary/aromatic N) is 2. The van der Waals surface area contributed by atoms with Gasteiger partial charge in [-0.1, -0.05) is 6.07 Å². The van der Waals surface area contributed by atoms with Crippen molar-refractivity contribution in [2.45, 2.75) is 45.8 Å². The van der Waals surface area contributed by atoms with Crippen LogP contribution in [0.5, 0.6) is 0 Å². The van der Waals surface area contributed by atoms with E-state index in [0.29, 0.717) is 12.0 Å². The van der Waals surface area contributed by atoms with Gasteiger partial charge in [0.2, 0.25) is 0 Å². The molecule has 0 bridgehead atoms. The van der Waals surface area contributed by atoms with Crippen molar-refractivity contribution in [2.24, 2.45) is 5.92 Å². The first-order valence-corrected chi connectivity index (χ1v) is 8.86. The average molecular weight is 324 g/mol. The maximum absolute atomic E-state index is 12.1. The lowest BCUT2D eigenvalue weighted by molar-refractivity contribution is 0.0285. The Morgan fingerprint density at radius 2 is 2.27 bits per heavy atom. The number of carbonyl (C=O) groups excluding carboxylic acids is 1. The molecule has 124 valence electrons. The van der Waals surface area contributed by atoms with E-state index in [0.717, 1.165) is 26.1 Å². The van der Waals surface area contributed by atoms with Crippen LogP contribution in [0.1, 0.15) is 45.0 Å². The Hall–Kier alpha value is -1.07. The van der Waals surface area contributed by atoms with Gasteiger partial charge in [0.05, 0.1) is 0 Å². The molecule has 0 saturated carbocycles. The second-order valence-corrected chi connectivity index (χ2v) is 8.19. The quantitative estimate of drug-likeness (QED) is 0.839. The van der Waals surface area contributed by atoms with Crippen LogP contribution in [0.3, 0.4) is 0 Å². The third-order valence-electron chi connectivity index (χ3n) is 4.10. The molecule has 2 rings (SSSR count). The summed E-state index contributed by atoms with van der Waals surface area (Å²) >= 11 is 1.80. The van der Waals surface area contributed by atoms with Gasteiger partial charge in [-0.15, -0.1) is 11.3 Å². The zero-order valence-electron chi connectivity index (χ0n) is 14.3. The standard InChI is InChI=1S/C17H28N2O2S/c1-13(15-7-6-10-22-15)18(5)11-14-8-9-19(12-14)16(20)21-17(2,3)4/h6-7,10,13-14H,8-9,11-12H2,1-5H3/t13-,14-/m1/s1. The molecule has 1 aliphatic rings. The molecule has 1 aliphatic heterocycles. The van der Waals surface area contributed by atoms with Gasteiger partial charge in [-0.25, -0.2) is 4.79 Å². The van der Waals surface area contributed by atoms with Crippen LogP contribution in [0.4, 0.5) is 4.79 Å². The predicted octanol–water partition coefficient (Wildman–Crippen LogP) is 4.00. The first kappa shape index (κ1) is 17.3. The van der Waals surface area contributed by atoms with Crippen molar-refractivity contribution in [3.05, 3.63) is 22.4 Å². The van der Waals surface area contributed by atoms with Crippen LogP contribution in [0.15, 0.2) is 17.5 Å².